The minimum absolute atomic E-state index is 0.0343. The minimum Gasteiger partial charge on any atom is -0.425 e. The third kappa shape index (κ3) is 3.16. The van der Waals surface area contributed by atoms with Crippen molar-refractivity contribution >= 4 is 27.7 Å². The largest absolute Gasteiger partial charge is 0.425 e. The number of para-hydroxylation sites is 1. The average Bonchev–Trinajstić information content (AvgIpc) is 2.28. The smallest absolute Gasteiger partial charge is 0.321 e. The summed E-state index contributed by atoms with van der Waals surface area (Å²) in [6.45, 7) is 1.77. The van der Waals surface area contributed by atoms with Crippen LogP contribution in [0, 0.1) is 0 Å². The first-order chi connectivity index (χ1) is 7.19. The Morgan fingerprint density at radius 3 is 2.60 bits per heavy atom. The molecule has 0 aliphatic rings. The van der Waals surface area contributed by atoms with Crippen molar-refractivity contribution in [1.29, 1.82) is 0 Å². The van der Waals surface area contributed by atoms with Crippen molar-refractivity contribution < 1.29 is 14.3 Å². The van der Waals surface area contributed by atoms with Gasteiger partial charge in [-0.3, -0.25) is 9.59 Å². The number of ketones is 1. The number of alkyl halides is 1. The van der Waals surface area contributed by atoms with Crippen molar-refractivity contribution in [1.82, 2.24) is 0 Å². The molecule has 4 heteroatoms. The average molecular weight is 271 g/mol. The van der Waals surface area contributed by atoms with Gasteiger partial charge in [0.05, 0.1) is 5.56 Å². The Bertz CT molecular complexity index is 374. The molecular weight excluding hydrogens is 260 g/mol. The van der Waals surface area contributed by atoms with Crippen molar-refractivity contribution in [2.24, 2.45) is 0 Å². The van der Waals surface area contributed by atoms with E-state index < -0.39 is 5.97 Å². The number of ether oxygens (including phenoxy) is 1. The van der Waals surface area contributed by atoms with Crippen LogP contribution in [0.3, 0.4) is 0 Å². The molecule has 1 rings (SSSR count). The zero-order valence-electron chi connectivity index (χ0n) is 8.33. The monoisotopic (exact) mass is 270 g/mol. The van der Waals surface area contributed by atoms with E-state index in [1.807, 2.05) is 0 Å². The highest BCUT2D eigenvalue weighted by molar-refractivity contribution is 9.09. The van der Waals surface area contributed by atoms with Crippen molar-refractivity contribution in [3.8, 4) is 5.75 Å². The van der Waals surface area contributed by atoms with Crippen LogP contribution >= 0.6 is 15.9 Å². The summed E-state index contributed by atoms with van der Waals surface area (Å²) in [5.74, 6) is -0.117. The van der Waals surface area contributed by atoms with Crippen molar-refractivity contribution in [2.45, 2.75) is 13.3 Å². The van der Waals surface area contributed by atoms with Crippen LogP contribution in [-0.4, -0.2) is 17.1 Å². The molecule has 15 heavy (non-hydrogen) atoms. The van der Waals surface area contributed by atoms with Gasteiger partial charge in [-0.15, -0.1) is 0 Å². The molecule has 0 N–H and O–H groups in total. The maximum Gasteiger partial charge on any atom is 0.321 e. The number of benzene rings is 1. The molecule has 1 aromatic carbocycles. The number of halogens is 1. The van der Waals surface area contributed by atoms with Gasteiger partial charge in [0.15, 0.2) is 5.78 Å². The Balaban J connectivity index is 2.96. The predicted octanol–water partition coefficient (Wildman–Crippen LogP) is 2.58. The van der Waals surface area contributed by atoms with Gasteiger partial charge < -0.3 is 4.74 Å². The summed E-state index contributed by atoms with van der Waals surface area (Å²) in [4.78, 5) is 22.6. The fourth-order valence-electron chi connectivity index (χ4n) is 1.13. The van der Waals surface area contributed by atoms with Gasteiger partial charge >= 0.3 is 5.97 Å². The fraction of sp³-hybridized carbons (Fsp3) is 0.273. The van der Waals surface area contributed by atoms with Crippen LogP contribution in [0.5, 0.6) is 5.75 Å². The van der Waals surface area contributed by atoms with Gasteiger partial charge in [-0.25, -0.2) is 0 Å². The van der Waals surface area contributed by atoms with Crippen LogP contribution < -0.4 is 4.74 Å². The van der Waals surface area contributed by atoms with Gasteiger partial charge in [0.2, 0.25) is 0 Å². The Morgan fingerprint density at radius 1 is 1.33 bits per heavy atom. The number of esters is 1. The van der Waals surface area contributed by atoms with E-state index in [0.717, 1.165) is 0 Å². The van der Waals surface area contributed by atoms with E-state index in [9.17, 15) is 9.59 Å². The molecule has 0 saturated carbocycles. The molecule has 0 spiro atoms. The second-order valence-electron chi connectivity index (χ2n) is 2.88. The SMILES string of the molecule is CCC(=O)c1ccccc1OC(=O)CBr. The number of Topliss-reactive ketones (excluding diaryl/α,β-unsaturated/α-hetero) is 1. The molecule has 0 saturated heterocycles. The summed E-state index contributed by atoms with van der Waals surface area (Å²) in [5, 5.41) is 0.113. The summed E-state index contributed by atoms with van der Waals surface area (Å²) >= 11 is 2.99. The predicted molar refractivity (Wildman–Crippen MR) is 60.5 cm³/mol. The Labute approximate surface area is 96.6 Å². The normalized spacial score (nSPS) is 9.73. The lowest BCUT2D eigenvalue weighted by Gasteiger charge is -2.06. The second kappa shape index (κ2) is 5.66. The maximum absolute atomic E-state index is 11.5. The Hall–Kier alpha value is -1.16. The highest BCUT2D eigenvalue weighted by atomic mass is 79.9. The molecule has 1 aromatic rings. The molecule has 80 valence electrons. The molecule has 0 bridgehead atoms. The maximum atomic E-state index is 11.5. The van der Waals surface area contributed by atoms with E-state index in [-0.39, 0.29) is 11.1 Å². The number of rotatable bonds is 4. The van der Waals surface area contributed by atoms with Gasteiger partial charge in [0.1, 0.15) is 11.1 Å². The summed E-state index contributed by atoms with van der Waals surface area (Å²) < 4.78 is 5.01. The van der Waals surface area contributed by atoms with Crippen LogP contribution in [0.1, 0.15) is 23.7 Å². The molecule has 0 unspecified atom stereocenters. The lowest BCUT2D eigenvalue weighted by atomic mass is 10.1. The van der Waals surface area contributed by atoms with Gasteiger partial charge in [0, 0.05) is 6.42 Å². The van der Waals surface area contributed by atoms with Crippen LogP contribution in [-0.2, 0) is 4.79 Å². The zero-order valence-corrected chi connectivity index (χ0v) is 9.91. The van der Waals surface area contributed by atoms with E-state index in [4.69, 9.17) is 4.74 Å². The minimum atomic E-state index is -0.411. The standard InChI is InChI=1S/C11H11BrO3/c1-2-9(13)8-5-3-4-6-10(8)15-11(14)7-12/h3-6H,2,7H2,1H3. The van der Waals surface area contributed by atoms with Gasteiger partial charge in [-0.1, -0.05) is 35.0 Å². The third-order valence-corrected chi connectivity index (χ3v) is 2.30. The highest BCUT2D eigenvalue weighted by Crippen LogP contribution is 2.19. The molecule has 0 radical (unpaired) electrons. The van der Waals surface area contributed by atoms with Crippen LogP contribution in [0.2, 0.25) is 0 Å². The lowest BCUT2D eigenvalue weighted by Crippen LogP contribution is -2.11. The first kappa shape index (κ1) is 11.9. The van der Waals surface area contributed by atoms with Crippen molar-refractivity contribution in [3.05, 3.63) is 29.8 Å². The Morgan fingerprint density at radius 2 is 2.00 bits per heavy atom. The molecule has 0 aromatic heterocycles. The topological polar surface area (TPSA) is 43.4 Å². The van der Waals surface area contributed by atoms with E-state index >= 15 is 0 Å². The highest BCUT2D eigenvalue weighted by Gasteiger charge is 2.12. The van der Waals surface area contributed by atoms with Gasteiger partial charge in [-0.05, 0) is 12.1 Å². The van der Waals surface area contributed by atoms with Gasteiger partial charge in [-0.2, -0.15) is 0 Å². The van der Waals surface area contributed by atoms with Crippen LogP contribution in [0.4, 0.5) is 0 Å². The van der Waals surface area contributed by atoms with Crippen molar-refractivity contribution in [2.75, 3.05) is 5.33 Å². The van der Waals surface area contributed by atoms with Crippen LogP contribution in [0.25, 0.3) is 0 Å². The second-order valence-corrected chi connectivity index (χ2v) is 3.44. The lowest BCUT2D eigenvalue weighted by molar-refractivity contribution is -0.131. The molecule has 0 heterocycles. The quantitative estimate of drug-likeness (QED) is 0.366. The van der Waals surface area contributed by atoms with Gasteiger partial charge in [0.25, 0.3) is 0 Å². The number of hydrogen-bond donors (Lipinski definition) is 0. The summed E-state index contributed by atoms with van der Waals surface area (Å²) in [5.41, 5.74) is 0.453. The summed E-state index contributed by atoms with van der Waals surface area (Å²) in [7, 11) is 0. The first-order valence-electron chi connectivity index (χ1n) is 4.58. The third-order valence-electron chi connectivity index (χ3n) is 1.84. The molecular formula is C11H11BrO3. The molecule has 0 fully saturated rings. The van der Waals surface area contributed by atoms with Crippen LogP contribution in [0.15, 0.2) is 24.3 Å². The molecule has 0 amide bonds. The number of hydrogen-bond acceptors (Lipinski definition) is 3. The number of carbonyl (C=O) groups is 2. The molecule has 0 atom stereocenters. The molecule has 0 aliphatic carbocycles. The first-order valence-corrected chi connectivity index (χ1v) is 5.70. The van der Waals surface area contributed by atoms with E-state index in [1.165, 1.54) is 0 Å². The van der Waals surface area contributed by atoms with E-state index in [1.54, 1.807) is 31.2 Å². The molecule has 3 nitrogen and oxygen atoms in total. The summed E-state index contributed by atoms with van der Waals surface area (Å²) in [6.07, 6.45) is 0.392. The number of carbonyl (C=O) groups excluding carboxylic acids is 2. The van der Waals surface area contributed by atoms with Crippen molar-refractivity contribution in [3.63, 3.8) is 0 Å². The Kier molecular flexibility index (Phi) is 4.49. The van der Waals surface area contributed by atoms with E-state index in [0.29, 0.717) is 17.7 Å². The fourth-order valence-corrected chi connectivity index (χ4v) is 1.24. The zero-order chi connectivity index (χ0) is 11.3. The summed E-state index contributed by atoms with van der Waals surface area (Å²) in [6, 6.07) is 6.74. The van der Waals surface area contributed by atoms with E-state index in [2.05, 4.69) is 15.9 Å². The molecule has 0 aliphatic heterocycles.